The SMILES string of the molecule is O=C(O)C(F)(F)F.O=C(c1cccs1)N1CCO[C@]2(CCC[C@H]2COc2cccnc2)C1. The van der Waals surface area contributed by atoms with Crippen LogP contribution in [0.1, 0.15) is 28.9 Å². The number of rotatable bonds is 4. The quantitative estimate of drug-likeness (QED) is 0.727. The second-order valence-corrected chi connectivity index (χ2v) is 8.46. The van der Waals surface area contributed by atoms with E-state index in [1.807, 2.05) is 34.5 Å². The molecule has 1 N–H and O–H groups in total. The Hall–Kier alpha value is -2.66. The predicted molar refractivity (Wildman–Crippen MR) is 110 cm³/mol. The van der Waals surface area contributed by atoms with Crippen molar-refractivity contribution in [2.75, 3.05) is 26.3 Å². The van der Waals surface area contributed by atoms with E-state index in [2.05, 4.69) is 4.98 Å². The van der Waals surface area contributed by atoms with E-state index in [1.165, 1.54) is 11.3 Å². The van der Waals surface area contributed by atoms with E-state index >= 15 is 0 Å². The molecule has 32 heavy (non-hydrogen) atoms. The van der Waals surface area contributed by atoms with Crippen LogP contribution in [0, 0.1) is 5.92 Å². The molecule has 174 valence electrons. The van der Waals surface area contributed by atoms with Crippen LogP contribution in [0.25, 0.3) is 0 Å². The Kier molecular flexibility index (Phi) is 7.73. The number of halogens is 3. The molecule has 1 aliphatic heterocycles. The molecule has 1 saturated carbocycles. The van der Waals surface area contributed by atoms with Gasteiger partial charge in [-0.15, -0.1) is 11.3 Å². The lowest BCUT2D eigenvalue weighted by Gasteiger charge is -2.43. The molecule has 2 aromatic rings. The lowest BCUT2D eigenvalue weighted by Crippen LogP contribution is -2.56. The molecule has 1 spiro atoms. The molecule has 0 radical (unpaired) electrons. The number of ether oxygens (including phenoxy) is 2. The summed E-state index contributed by atoms with van der Waals surface area (Å²) < 4.78 is 43.9. The number of carbonyl (C=O) groups excluding carboxylic acids is 1. The average Bonchev–Trinajstić information content (AvgIpc) is 3.43. The van der Waals surface area contributed by atoms with Gasteiger partial charge in [0.25, 0.3) is 5.91 Å². The Morgan fingerprint density at radius 2 is 2.12 bits per heavy atom. The number of thiophene rings is 1. The van der Waals surface area contributed by atoms with Crippen molar-refractivity contribution in [2.45, 2.75) is 31.0 Å². The molecule has 7 nitrogen and oxygen atoms in total. The van der Waals surface area contributed by atoms with Crippen molar-refractivity contribution in [3.63, 3.8) is 0 Å². The van der Waals surface area contributed by atoms with E-state index in [0.29, 0.717) is 32.2 Å². The van der Waals surface area contributed by atoms with E-state index in [1.54, 1.807) is 12.4 Å². The Morgan fingerprint density at radius 3 is 2.75 bits per heavy atom. The first-order chi connectivity index (χ1) is 15.2. The molecule has 11 heteroatoms. The minimum absolute atomic E-state index is 0.122. The van der Waals surface area contributed by atoms with Crippen molar-refractivity contribution in [1.82, 2.24) is 9.88 Å². The summed E-state index contributed by atoms with van der Waals surface area (Å²) in [5.41, 5.74) is -0.270. The fraction of sp³-hybridized carbons (Fsp3) is 0.476. The molecular formula is C21H23F3N2O5S. The highest BCUT2D eigenvalue weighted by Gasteiger charge is 2.48. The lowest BCUT2D eigenvalue weighted by atomic mass is 9.89. The van der Waals surface area contributed by atoms with Crippen molar-refractivity contribution in [3.05, 3.63) is 46.9 Å². The summed E-state index contributed by atoms with van der Waals surface area (Å²) in [5, 5.41) is 9.07. The van der Waals surface area contributed by atoms with Crippen LogP contribution in [-0.2, 0) is 9.53 Å². The van der Waals surface area contributed by atoms with Gasteiger partial charge in [0, 0.05) is 18.7 Å². The van der Waals surface area contributed by atoms with Gasteiger partial charge in [0.05, 0.1) is 36.4 Å². The summed E-state index contributed by atoms with van der Waals surface area (Å²) in [7, 11) is 0. The van der Waals surface area contributed by atoms with Crippen molar-refractivity contribution < 1.29 is 37.3 Å². The number of carbonyl (C=O) groups is 2. The summed E-state index contributed by atoms with van der Waals surface area (Å²) in [5.74, 6) is -1.55. The number of carboxylic acids is 1. The summed E-state index contributed by atoms with van der Waals surface area (Å²) in [6, 6.07) is 7.61. The zero-order valence-corrected chi connectivity index (χ0v) is 17.9. The average molecular weight is 472 g/mol. The fourth-order valence-corrected chi connectivity index (χ4v) is 4.60. The van der Waals surface area contributed by atoms with Gasteiger partial charge in [0.2, 0.25) is 0 Å². The van der Waals surface area contributed by atoms with Crippen LogP contribution in [0.4, 0.5) is 13.2 Å². The molecule has 2 aliphatic rings. The van der Waals surface area contributed by atoms with E-state index in [9.17, 15) is 18.0 Å². The highest BCUT2D eigenvalue weighted by molar-refractivity contribution is 7.12. The van der Waals surface area contributed by atoms with E-state index in [4.69, 9.17) is 19.4 Å². The third-order valence-electron chi connectivity index (χ3n) is 5.45. The van der Waals surface area contributed by atoms with Gasteiger partial charge in [-0.2, -0.15) is 13.2 Å². The standard InChI is InChI=1S/C19H22N2O3S.C2HF3O2/c22-18(17-6-3-11-25-17)21-9-10-24-19(14-21)7-1-4-15(19)13-23-16-5-2-8-20-12-16;3-2(4,5)1(6)7/h2-3,5-6,8,11-12,15H,1,4,7,9-10,13-14H2;(H,6,7)/t15-,19+;/m0./s1. The highest BCUT2D eigenvalue weighted by Crippen LogP contribution is 2.41. The number of nitrogens with zero attached hydrogens (tertiary/aromatic N) is 2. The molecule has 4 rings (SSSR count). The molecule has 0 unspecified atom stereocenters. The first-order valence-corrected chi connectivity index (χ1v) is 10.9. The highest BCUT2D eigenvalue weighted by atomic mass is 32.1. The smallest absolute Gasteiger partial charge is 0.490 e. The number of aliphatic carboxylic acids is 1. The second kappa shape index (κ2) is 10.3. The van der Waals surface area contributed by atoms with Gasteiger partial charge in [0.1, 0.15) is 5.75 Å². The minimum atomic E-state index is -5.08. The van der Waals surface area contributed by atoms with Crippen LogP contribution in [-0.4, -0.2) is 64.9 Å². The predicted octanol–water partition coefficient (Wildman–Crippen LogP) is 3.87. The molecule has 2 aromatic heterocycles. The topological polar surface area (TPSA) is 89.0 Å². The van der Waals surface area contributed by atoms with Crippen LogP contribution in [0.5, 0.6) is 5.75 Å². The first kappa shape index (κ1) is 24.0. The van der Waals surface area contributed by atoms with Crippen LogP contribution in [0.3, 0.4) is 0 Å². The monoisotopic (exact) mass is 472 g/mol. The Morgan fingerprint density at radius 1 is 1.34 bits per heavy atom. The number of pyridine rings is 1. The number of hydrogen-bond acceptors (Lipinski definition) is 6. The minimum Gasteiger partial charge on any atom is -0.492 e. The normalized spacial score (nSPS) is 22.8. The third kappa shape index (κ3) is 5.98. The third-order valence-corrected chi connectivity index (χ3v) is 6.31. The van der Waals surface area contributed by atoms with Crippen LogP contribution < -0.4 is 4.74 Å². The maximum Gasteiger partial charge on any atom is 0.490 e. The van der Waals surface area contributed by atoms with E-state index in [-0.39, 0.29) is 11.5 Å². The summed E-state index contributed by atoms with van der Waals surface area (Å²) in [4.78, 5) is 28.5. The van der Waals surface area contributed by atoms with E-state index in [0.717, 1.165) is 29.9 Å². The number of aromatic nitrogens is 1. The Balaban J connectivity index is 0.000000360. The molecule has 2 atom stereocenters. The number of amides is 1. The largest absolute Gasteiger partial charge is 0.492 e. The van der Waals surface area contributed by atoms with Crippen molar-refractivity contribution in [2.24, 2.45) is 5.92 Å². The molecule has 3 heterocycles. The summed E-state index contributed by atoms with van der Waals surface area (Å²) in [6.45, 7) is 2.52. The molecule has 0 aromatic carbocycles. The Bertz CT molecular complexity index is 895. The van der Waals surface area contributed by atoms with Crippen molar-refractivity contribution in [3.8, 4) is 5.75 Å². The first-order valence-electron chi connectivity index (χ1n) is 10.0. The molecule has 0 bridgehead atoms. The maximum absolute atomic E-state index is 12.7. The van der Waals surface area contributed by atoms with Gasteiger partial charge in [-0.1, -0.05) is 6.07 Å². The second-order valence-electron chi connectivity index (χ2n) is 7.51. The molecular weight excluding hydrogens is 449 g/mol. The van der Waals surface area contributed by atoms with Crippen molar-refractivity contribution in [1.29, 1.82) is 0 Å². The van der Waals surface area contributed by atoms with E-state index < -0.39 is 12.1 Å². The molecule has 2 fully saturated rings. The van der Waals surface area contributed by atoms with Gasteiger partial charge in [0.15, 0.2) is 0 Å². The summed E-state index contributed by atoms with van der Waals surface area (Å²) in [6.07, 6.45) is 1.56. The molecule has 1 aliphatic carbocycles. The van der Waals surface area contributed by atoms with Gasteiger partial charge in [-0.3, -0.25) is 9.78 Å². The Labute approximate surface area is 186 Å². The van der Waals surface area contributed by atoms with Gasteiger partial charge < -0.3 is 19.5 Å². The van der Waals surface area contributed by atoms with Gasteiger partial charge in [-0.25, -0.2) is 4.79 Å². The number of morpholine rings is 1. The summed E-state index contributed by atoms with van der Waals surface area (Å²) >= 11 is 1.50. The number of hydrogen-bond donors (Lipinski definition) is 1. The lowest BCUT2D eigenvalue weighted by molar-refractivity contribution is -0.192. The molecule has 1 amide bonds. The van der Waals surface area contributed by atoms with Crippen LogP contribution >= 0.6 is 11.3 Å². The zero-order chi connectivity index (χ0) is 23.2. The van der Waals surface area contributed by atoms with Crippen molar-refractivity contribution >= 4 is 23.2 Å². The van der Waals surface area contributed by atoms with Crippen LogP contribution in [0.2, 0.25) is 0 Å². The maximum atomic E-state index is 12.7. The molecule has 1 saturated heterocycles. The van der Waals surface area contributed by atoms with Gasteiger partial charge >= 0.3 is 12.1 Å². The van der Waals surface area contributed by atoms with Crippen LogP contribution in [0.15, 0.2) is 42.0 Å². The fourth-order valence-electron chi connectivity index (χ4n) is 3.91. The van der Waals surface area contributed by atoms with Gasteiger partial charge in [-0.05, 0) is 42.8 Å². The number of alkyl halides is 3. The zero-order valence-electron chi connectivity index (χ0n) is 17.1. The number of carboxylic acid groups (broad SMARTS) is 1.